The maximum absolute atomic E-state index is 5.75. The van der Waals surface area contributed by atoms with Gasteiger partial charge in [-0.3, -0.25) is 0 Å². The Morgan fingerprint density at radius 2 is 2.12 bits per heavy atom. The Kier molecular flexibility index (Phi) is 4.78. The first-order valence-corrected chi connectivity index (χ1v) is 3.63. The van der Waals surface area contributed by atoms with E-state index in [9.17, 15) is 0 Å². The van der Waals surface area contributed by atoms with E-state index in [0.29, 0.717) is 0 Å². The second-order valence-corrected chi connectivity index (χ2v) is 2.97. The Morgan fingerprint density at radius 3 is 2.25 bits per heavy atom. The summed E-state index contributed by atoms with van der Waals surface area (Å²) in [6, 6.07) is 0. The molecule has 49 valence electrons. The van der Waals surface area contributed by atoms with Gasteiger partial charge in [-0.15, -0.1) is 23.2 Å². The van der Waals surface area contributed by atoms with Crippen LogP contribution < -0.4 is 0 Å². The molecule has 0 heterocycles. The molecule has 0 spiro atoms. The molecule has 1 atom stereocenters. The van der Waals surface area contributed by atoms with Gasteiger partial charge >= 0.3 is 0 Å². The van der Waals surface area contributed by atoms with Crippen LogP contribution in [0.2, 0.25) is 0 Å². The molecule has 0 fully saturated rings. The summed E-state index contributed by atoms with van der Waals surface area (Å²) in [5, 5.41) is 0.871. The highest BCUT2D eigenvalue weighted by Crippen LogP contribution is 2.20. The van der Waals surface area contributed by atoms with Crippen molar-refractivity contribution in [2.24, 2.45) is 0 Å². The first-order chi connectivity index (χ1) is 3.68. The van der Waals surface area contributed by atoms with E-state index in [1.807, 2.05) is 6.92 Å². The lowest BCUT2D eigenvalue weighted by atomic mass is 10.2. The molecule has 0 rings (SSSR count). The molecule has 1 radical (unpaired) electrons. The summed E-state index contributed by atoms with van der Waals surface area (Å²) in [5.74, 6) is 0. The predicted molar refractivity (Wildman–Crippen MR) is 39.3 cm³/mol. The van der Waals surface area contributed by atoms with Gasteiger partial charge in [-0.1, -0.05) is 13.3 Å². The third kappa shape index (κ3) is 3.57. The average molecular weight is 154 g/mol. The first-order valence-electron chi connectivity index (χ1n) is 2.81. The molecular formula is C6H11Cl2. The second-order valence-electron chi connectivity index (χ2n) is 1.84. The van der Waals surface area contributed by atoms with Crippen molar-refractivity contribution in [1.82, 2.24) is 0 Å². The molecule has 0 aromatic heterocycles. The van der Waals surface area contributed by atoms with Crippen molar-refractivity contribution in [3.63, 3.8) is 0 Å². The average Bonchev–Trinajstić information content (AvgIpc) is 1.67. The third-order valence-corrected chi connectivity index (χ3v) is 1.89. The van der Waals surface area contributed by atoms with Crippen LogP contribution in [0.3, 0.4) is 0 Å². The highest BCUT2D eigenvalue weighted by atomic mass is 35.5. The standard InChI is InChI=1S/C6H11Cl2/c1-3-4-6(8)5(2)7/h6H,3-4H2,1-2H3. The van der Waals surface area contributed by atoms with Crippen molar-refractivity contribution in [2.75, 3.05) is 0 Å². The molecule has 0 saturated carbocycles. The normalized spacial score (nSPS) is 14.6. The van der Waals surface area contributed by atoms with Crippen LogP contribution in [0.4, 0.5) is 0 Å². The van der Waals surface area contributed by atoms with Crippen LogP contribution in [-0.2, 0) is 0 Å². The van der Waals surface area contributed by atoms with E-state index in [4.69, 9.17) is 23.2 Å². The van der Waals surface area contributed by atoms with Crippen molar-refractivity contribution in [1.29, 1.82) is 0 Å². The predicted octanol–water partition coefficient (Wildman–Crippen LogP) is 3.18. The lowest BCUT2D eigenvalue weighted by molar-refractivity contribution is 0.776. The van der Waals surface area contributed by atoms with Crippen molar-refractivity contribution in [2.45, 2.75) is 32.1 Å². The Balaban J connectivity index is 3.17. The number of halogens is 2. The van der Waals surface area contributed by atoms with E-state index in [0.717, 1.165) is 18.2 Å². The molecule has 0 aliphatic carbocycles. The molecule has 2 heteroatoms. The summed E-state index contributed by atoms with van der Waals surface area (Å²) >= 11 is 11.3. The third-order valence-electron chi connectivity index (χ3n) is 0.974. The monoisotopic (exact) mass is 153 g/mol. The molecule has 0 nitrogen and oxygen atoms in total. The lowest BCUT2D eigenvalue weighted by Crippen LogP contribution is -2.01. The van der Waals surface area contributed by atoms with Gasteiger partial charge in [0, 0.05) is 0 Å². The van der Waals surface area contributed by atoms with E-state index in [2.05, 4.69) is 6.92 Å². The van der Waals surface area contributed by atoms with Crippen molar-refractivity contribution >= 4 is 23.2 Å². The second kappa shape index (κ2) is 4.46. The van der Waals surface area contributed by atoms with Crippen LogP contribution in [0.5, 0.6) is 0 Å². The van der Waals surface area contributed by atoms with E-state index >= 15 is 0 Å². The topological polar surface area (TPSA) is 0 Å². The summed E-state index contributed by atoms with van der Waals surface area (Å²) in [6.07, 6.45) is 2.08. The minimum absolute atomic E-state index is 0.0710. The fourth-order valence-electron chi connectivity index (χ4n) is 0.452. The van der Waals surface area contributed by atoms with E-state index < -0.39 is 0 Å². The van der Waals surface area contributed by atoms with Crippen LogP contribution in [0.15, 0.2) is 0 Å². The van der Waals surface area contributed by atoms with Gasteiger partial charge in [-0.05, 0) is 13.3 Å². The number of hydrogen-bond donors (Lipinski definition) is 0. The molecule has 0 N–H and O–H groups in total. The molecule has 0 aliphatic heterocycles. The fourth-order valence-corrected chi connectivity index (χ4v) is 0.780. The summed E-state index contributed by atoms with van der Waals surface area (Å²) in [5.41, 5.74) is 0. The van der Waals surface area contributed by atoms with Gasteiger partial charge in [-0.2, -0.15) is 0 Å². The number of alkyl halides is 1. The highest BCUT2D eigenvalue weighted by Gasteiger charge is 2.09. The first kappa shape index (κ1) is 8.58. The van der Waals surface area contributed by atoms with Crippen LogP contribution >= 0.6 is 23.2 Å². The van der Waals surface area contributed by atoms with E-state index in [1.54, 1.807) is 0 Å². The smallest absolute Gasteiger partial charge is 0.0784 e. The zero-order valence-electron chi connectivity index (χ0n) is 5.25. The van der Waals surface area contributed by atoms with Gasteiger partial charge < -0.3 is 0 Å². The summed E-state index contributed by atoms with van der Waals surface area (Å²) in [4.78, 5) is 0. The molecule has 0 amide bonds. The van der Waals surface area contributed by atoms with Crippen LogP contribution in [0.1, 0.15) is 26.7 Å². The van der Waals surface area contributed by atoms with Crippen LogP contribution in [0.25, 0.3) is 0 Å². The molecule has 8 heavy (non-hydrogen) atoms. The fraction of sp³-hybridized carbons (Fsp3) is 0.833. The molecule has 0 aromatic carbocycles. The van der Waals surface area contributed by atoms with E-state index in [-0.39, 0.29) is 5.38 Å². The number of hydrogen-bond acceptors (Lipinski definition) is 0. The SMILES string of the molecule is CCCC(Cl)[C](C)Cl. The van der Waals surface area contributed by atoms with Crippen molar-refractivity contribution < 1.29 is 0 Å². The summed E-state index contributed by atoms with van der Waals surface area (Å²) in [7, 11) is 0. The van der Waals surface area contributed by atoms with Gasteiger partial charge in [-0.25, -0.2) is 0 Å². The van der Waals surface area contributed by atoms with Crippen LogP contribution in [-0.4, -0.2) is 5.38 Å². The minimum atomic E-state index is 0.0710. The molecule has 0 bridgehead atoms. The lowest BCUT2D eigenvalue weighted by Gasteiger charge is -2.07. The van der Waals surface area contributed by atoms with Crippen molar-refractivity contribution in [3.8, 4) is 0 Å². The molecule has 0 saturated heterocycles. The molecule has 1 unspecified atom stereocenters. The van der Waals surface area contributed by atoms with Gasteiger partial charge in [0.25, 0.3) is 0 Å². The largest absolute Gasteiger partial charge is 0.121 e. The van der Waals surface area contributed by atoms with Gasteiger partial charge in [0.05, 0.1) is 10.8 Å². The van der Waals surface area contributed by atoms with E-state index in [1.165, 1.54) is 0 Å². The number of rotatable bonds is 3. The zero-order valence-corrected chi connectivity index (χ0v) is 6.76. The Bertz CT molecular complexity index is 52.5. The Labute approximate surface area is 61.2 Å². The van der Waals surface area contributed by atoms with Gasteiger partial charge in [0.1, 0.15) is 0 Å². The van der Waals surface area contributed by atoms with Gasteiger partial charge in [0.2, 0.25) is 0 Å². The van der Waals surface area contributed by atoms with Crippen molar-refractivity contribution in [3.05, 3.63) is 5.38 Å². The highest BCUT2D eigenvalue weighted by molar-refractivity contribution is 6.34. The minimum Gasteiger partial charge on any atom is -0.121 e. The summed E-state index contributed by atoms with van der Waals surface area (Å²) in [6.45, 7) is 3.93. The Morgan fingerprint density at radius 1 is 1.62 bits per heavy atom. The van der Waals surface area contributed by atoms with Crippen LogP contribution in [0, 0.1) is 5.38 Å². The quantitative estimate of drug-likeness (QED) is 0.547. The maximum Gasteiger partial charge on any atom is 0.0784 e. The molecule has 0 aromatic rings. The Hall–Kier alpha value is 0.580. The maximum atomic E-state index is 5.75. The zero-order chi connectivity index (χ0) is 6.57. The molecular weight excluding hydrogens is 143 g/mol. The van der Waals surface area contributed by atoms with Gasteiger partial charge in [0.15, 0.2) is 0 Å². The molecule has 0 aliphatic rings. The summed E-state index contributed by atoms with van der Waals surface area (Å²) < 4.78 is 0.